The maximum absolute atomic E-state index is 14.0. The summed E-state index contributed by atoms with van der Waals surface area (Å²) in [6, 6.07) is 18.6. The SMILES string of the molecule is Cc1ccc(S(=O)(=O)N(CC(=O)N(Cc2ccc(Br)cc2)[C@@H](C)C(=O)NCC(C)C)c2ccc(C)cc2C)cc1. The van der Waals surface area contributed by atoms with Gasteiger partial charge in [0.1, 0.15) is 12.6 Å². The lowest BCUT2D eigenvalue weighted by Gasteiger charge is -2.32. The minimum atomic E-state index is -4.10. The van der Waals surface area contributed by atoms with Crippen molar-refractivity contribution in [1.82, 2.24) is 10.2 Å². The molecular formula is C31H38BrN3O4S. The quantitative estimate of drug-likeness (QED) is 0.293. The molecule has 0 heterocycles. The lowest BCUT2D eigenvalue weighted by Crippen LogP contribution is -2.51. The predicted octanol–water partition coefficient (Wildman–Crippen LogP) is 5.76. The molecule has 0 aromatic heterocycles. The van der Waals surface area contributed by atoms with Crippen LogP contribution in [0.1, 0.15) is 43.0 Å². The van der Waals surface area contributed by atoms with E-state index in [-0.39, 0.29) is 23.3 Å². The standard InChI is InChI=1S/C31H38BrN3O4S/c1-21(2)18-33-31(37)25(6)34(19-26-10-12-27(32)13-11-26)30(36)20-35(29-16-9-23(4)17-24(29)5)40(38,39)28-14-7-22(3)8-15-28/h7-17,21,25H,18-20H2,1-6H3,(H,33,37)/t25-/m0/s1. The molecule has 9 heteroatoms. The fourth-order valence-corrected chi connectivity index (χ4v) is 6.00. The largest absolute Gasteiger partial charge is 0.354 e. The van der Waals surface area contributed by atoms with Crippen molar-refractivity contribution < 1.29 is 18.0 Å². The number of rotatable bonds is 11. The molecular weight excluding hydrogens is 590 g/mol. The van der Waals surface area contributed by atoms with Crippen LogP contribution in [-0.4, -0.2) is 44.3 Å². The summed E-state index contributed by atoms with van der Waals surface area (Å²) in [4.78, 5) is 28.6. The lowest BCUT2D eigenvalue weighted by atomic mass is 10.1. The Kier molecular flexibility index (Phi) is 10.6. The molecule has 0 aliphatic rings. The number of amides is 2. The average molecular weight is 629 g/mol. The van der Waals surface area contributed by atoms with E-state index in [0.717, 1.165) is 31.0 Å². The van der Waals surface area contributed by atoms with E-state index < -0.39 is 28.5 Å². The van der Waals surface area contributed by atoms with Crippen molar-refractivity contribution in [3.63, 3.8) is 0 Å². The van der Waals surface area contributed by atoms with E-state index in [9.17, 15) is 18.0 Å². The number of hydrogen-bond acceptors (Lipinski definition) is 4. The maximum Gasteiger partial charge on any atom is 0.264 e. The summed E-state index contributed by atoms with van der Waals surface area (Å²) in [6.07, 6.45) is 0. The molecule has 3 aromatic rings. The van der Waals surface area contributed by atoms with Crippen LogP contribution >= 0.6 is 15.9 Å². The summed E-state index contributed by atoms with van der Waals surface area (Å²) in [7, 11) is -4.10. The number of benzene rings is 3. The smallest absolute Gasteiger partial charge is 0.264 e. The number of carbonyl (C=O) groups excluding carboxylic acids is 2. The van der Waals surface area contributed by atoms with Crippen LogP contribution in [0.25, 0.3) is 0 Å². The van der Waals surface area contributed by atoms with Gasteiger partial charge in [-0.05, 0) is 75.1 Å². The molecule has 0 aliphatic carbocycles. The van der Waals surface area contributed by atoms with Crippen LogP contribution < -0.4 is 9.62 Å². The lowest BCUT2D eigenvalue weighted by molar-refractivity contribution is -0.139. The van der Waals surface area contributed by atoms with Crippen LogP contribution in [0.2, 0.25) is 0 Å². The molecule has 3 rings (SSSR count). The van der Waals surface area contributed by atoms with Gasteiger partial charge >= 0.3 is 0 Å². The van der Waals surface area contributed by atoms with Crippen LogP contribution in [0.5, 0.6) is 0 Å². The molecule has 0 fully saturated rings. The number of halogens is 1. The minimum Gasteiger partial charge on any atom is -0.354 e. The zero-order valence-corrected chi connectivity index (χ0v) is 26.3. The highest BCUT2D eigenvalue weighted by Gasteiger charge is 2.33. The van der Waals surface area contributed by atoms with Crippen molar-refractivity contribution in [1.29, 1.82) is 0 Å². The van der Waals surface area contributed by atoms with Crippen molar-refractivity contribution in [3.8, 4) is 0 Å². The van der Waals surface area contributed by atoms with Crippen molar-refractivity contribution in [2.45, 2.75) is 59.0 Å². The third kappa shape index (κ3) is 7.95. The van der Waals surface area contributed by atoms with Crippen molar-refractivity contribution in [2.75, 3.05) is 17.4 Å². The first-order chi connectivity index (χ1) is 18.8. The molecule has 0 unspecified atom stereocenters. The molecule has 40 heavy (non-hydrogen) atoms. The Hall–Kier alpha value is -3.17. The van der Waals surface area contributed by atoms with E-state index in [1.165, 1.54) is 4.90 Å². The summed E-state index contributed by atoms with van der Waals surface area (Å²) in [6.45, 7) is 11.5. The Bertz CT molecular complexity index is 1440. The van der Waals surface area contributed by atoms with Gasteiger partial charge in [-0.3, -0.25) is 13.9 Å². The molecule has 0 spiro atoms. The maximum atomic E-state index is 14.0. The Balaban J connectivity index is 2.04. The van der Waals surface area contributed by atoms with Gasteiger partial charge in [-0.15, -0.1) is 0 Å². The van der Waals surface area contributed by atoms with E-state index in [1.807, 2.05) is 71.0 Å². The average Bonchev–Trinajstić information content (AvgIpc) is 2.90. The molecule has 0 saturated heterocycles. The molecule has 1 atom stereocenters. The fraction of sp³-hybridized carbons (Fsp3) is 0.355. The summed E-state index contributed by atoms with van der Waals surface area (Å²) in [5, 5.41) is 2.90. The normalized spacial score (nSPS) is 12.2. The summed E-state index contributed by atoms with van der Waals surface area (Å²) >= 11 is 3.43. The second-order valence-corrected chi connectivity index (χ2v) is 13.4. The first-order valence-corrected chi connectivity index (χ1v) is 15.5. The predicted molar refractivity (Wildman–Crippen MR) is 164 cm³/mol. The Morgan fingerprint density at radius 2 is 1.48 bits per heavy atom. The van der Waals surface area contributed by atoms with Gasteiger partial charge in [0, 0.05) is 17.6 Å². The van der Waals surface area contributed by atoms with Gasteiger partial charge < -0.3 is 10.2 Å². The van der Waals surface area contributed by atoms with E-state index in [4.69, 9.17) is 0 Å². The van der Waals surface area contributed by atoms with Crippen LogP contribution in [0.3, 0.4) is 0 Å². The molecule has 0 bridgehead atoms. The minimum absolute atomic E-state index is 0.0908. The molecule has 0 aliphatic heterocycles. The summed E-state index contributed by atoms with van der Waals surface area (Å²) in [5.74, 6) is -0.532. The molecule has 2 amide bonds. The zero-order valence-electron chi connectivity index (χ0n) is 23.9. The Morgan fingerprint density at radius 1 is 0.875 bits per heavy atom. The summed E-state index contributed by atoms with van der Waals surface area (Å²) in [5.41, 5.74) is 3.87. The zero-order chi connectivity index (χ0) is 29.6. The van der Waals surface area contributed by atoms with Crippen molar-refractivity contribution in [3.05, 3.63) is 93.5 Å². The Morgan fingerprint density at radius 3 is 2.05 bits per heavy atom. The molecule has 0 radical (unpaired) electrons. The number of sulfonamides is 1. The fourth-order valence-electron chi connectivity index (χ4n) is 4.26. The van der Waals surface area contributed by atoms with E-state index in [2.05, 4.69) is 21.2 Å². The number of anilines is 1. The topological polar surface area (TPSA) is 86.8 Å². The van der Waals surface area contributed by atoms with E-state index in [1.54, 1.807) is 37.3 Å². The highest BCUT2D eigenvalue weighted by molar-refractivity contribution is 9.10. The molecule has 214 valence electrons. The molecule has 3 aromatic carbocycles. The van der Waals surface area contributed by atoms with Crippen molar-refractivity contribution >= 4 is 43.5 Å². The number of carbonyl (C=O) groups is 2. The van der Waals surface area contributed by atoms with Gasteiger partial charge in [0.2, 0.25) is 11.8 Å². The highest BCUT2D eigenvalue weighted by atomic mass is 79.9. The number of nitrogens with one attached hydrogen (secondary N) is 1. The molecule has 7 nitrogen and oxygen atoms in total. The van der Waals surface area contributed by atoms with Gasteiger partial charge in [-0.2, -0.15) is 0 Å². The van der Waals surface area contributed by atoms with E-state index in [0.29, 0.717) is 12.2 Å². The summed E-state index contributed by atoms with van der Waals surface area (Å²) < 4.78 is 30.0. The van der Waals surface area contributed by atoms with Gasteiger partial charge in [0.15, 0.2) is 0 Å². The highest BCUT2D eigenvalue weighted by Crippen LogP contribution is 2.28. The van der Waals surface area contributed by atoms with E-state index >= 15 is 0 Å². The number of aryl methyl sites for hydroxylation is 3. The van der Waals surface area contributed by atoms with Gasteiger partial charge in [-0.1, -0.05) is 77.3 Å². The second-order valence-electron chi connectivity index (χ2n) is 10.6. The third-order valence-corrected chi connectivity index (χ3v) is 8.93. The number of nitrogens with zero attached hydrogens (tertiary/aromatic N) is 2. The second kappa shape index (κ2) is 13.5. The van der Waals surface area contributed by atoms with Crippen molar-refractivity contribution in [2.24, 2.45) is 5.92 Å². The first-order valence-electron chi connectivity index (χ1n) is 13.3. The molecule has 0 saturated carbocycles. The molecule has 1 N–H and O–H groups in total. The van der Waals surface area contributed by atoms with Crippen LogP contribution in [-0.2, 0) is 26.2 Å². The number of hydrogen-bond donors (Lipinski definition) is 1. The van der Waals surface area contributed by atoms with Gasteiger partial charge in [0.25, 0.3) is 10.0 Å². The monoisotopic (exact) mass is 627 g/mol. The van der Waals surface area contributed by atoms with Crippen LogP contribution in [0.15, 0.2) is 76.1 Å². The van der Waals surface area contributed by atoms with Gasteiger partial charge in [0.05, 0.1) is 10.6 Å². The van der Waals surface area contributed by atoms with Crippen LogP contribution in [0, 0.1) is 26.7 Å². The van der Waals surface area contributed by atoms with Gasteiger partial charge in [-0.25, -0.2) is 8.42 Å². The third-order valence-electron chi connectivity index (χ3n) is 6.63. The van der Waals surface area contributed by atoms with Crippen LogP contribution in [0.4, 0.5) is 5.69 Å². The first kappa shape index (κ1) is 31.4. The Labute approximate surface area is 246 Å².